The van der Waals surface area contributed by atoms with Crippen LogP contribution in [0, 0.1) is 0 Å². The number of hydrogen-bond donors (Lipinski definition) is 0. The van der Waals surface area contributed by atoms with Gasteiger partial charge in [-0.3, -0.25) is 0 Å². The zero-order valence-electron chi connectivity index (χ0n) is 10.8. The van der Waals surface area contributed by atoms with Crippen LogP contribution in [0.3, 0.4) is 0 Å². The van der Waals surface area contributed by atoms with Gasteiger partial charge in [-0.1, -0.05) is 47.3 Å². The number of fused-ring (bicyclic) bond motifs is 1. The molecule has 7 nitrogen and oxygen atoms in total. The molecule has 0 amide bonds. The first-order valence-electron chi connectivity index (χ1n) is 6.15. The van der Waals surface area contributed by atoms with E-state index in [0.717, 1.165) is 17.3 Å². The molecular formula is C13H10N5O2S-. The quantitative estimate of drug-likeness (QED) is 0.487. The standard InChI is InChI=1S/C13H11N5O2S/c19-10(20)7-21-13-11-12(14-8-15-13)18(17-16-11)6-9-4-2-1-3-5-9/h1-5,8H,6-7H2,(H,19,20)/p-1. The van der Waals surface area contributed by atoms with E-state index in [4.69, 9.17) is 0 Å². The van der Waals surface area contributed by atoms with Crippen LogP contribution in [-0.4, -0.2) is 36.7 Å². The number of carbonyl (C=O) groups is 1. The molecule has 0 atom stereocenters. The maximum Gasteiger partial charge on any atom is 0.183 e. The van der Waals surface area contributed by atoms with Gasteiger partial charge in [-0.05, 0) is 5.56 Å². The van der Waals surface area contributed by atoms with Gasteiger partial charge in [0.15, 0.2) is 11.2 Å². The van der Waals surface area contributed by atoms with Crippen LogP contribution in [-0.2, 0) is 11.3 Å². The minimum Gasteiger partial charge on any atom is -0.549 e. The predicted octanol–water partition coefficient (Wildman–Crippen LogP) is 0.112. The fourth-order valence-corrected chi connectivity index (χ4v) is 2.51. The molecule has 0 radical (unpaired) electrons. The maximum atomic E-state index is 10.5. The van der Waals surface area contributed by atoms with Gasteiger partial charge in [0, 0.05) is 5.75 Å². The van der Waals surface area contributed by atoms with Crippen molar-refractivity contribution in [3.05, 3.63) is 42.2 Å². The topological polar surface area (TPSA) is 96.6 Å². The predicted molar refractivity (Wildman–Crippen MR) is 74.4 cm³/mol. The SMILES string of the molecule is O=C([O-])CSc1ncnc2c1nnn2Cc1ccccc1. The Morgan fingerprint density at radius 1 is 1.24 bits per heavy atom. The molecule has 8 heteroatoms. The Kier molecular flexibility index (Phi) is 3.78. The molecule has 0 aliphatic heterocycles. The Bertz CT molecular complexity index is 775. The molecule has 0 N–H and O–H groups in total. The molecule has 0 saturated carbocycles. The smallest absolute Gasteiger partial charge is 0.183 e. The van der Waals surface area contributed by atoms with Crippen LogP contribution in [0.5, 0.6) is 0 Å². The summed E-state index contributed by atoms with van der Waals surface area (Å²) in [5.41, 5.74) is 2.15. The summed E-state index contributed by atoms with van der Waals surface area (Å²) in [6.07, 6.45) is 1.38. The van der Waals surface area contributed by atoms with Crippen molar-refractivity contribution in [1.82, 2.24) is 25.0 Å². The van der Waals surface area contributed by atoms with Crippen molar-refractivity contribution in [3.63, 3.8) is 0 Å². The van der Waals surface area contributed by atoms with Crippen molar-refractivity contribution in [2.24, 2.45) is 0 Å². The number of carboxylic acid groups (broad SMARTS) is 1. The molecule has 0 fully saturated rings. The second-order valence-corrected chi connectivity index (χ2v) is 5.21. The van der Waals surface area contributed by atoms with Gasteiger partial charge in [0.05, 0.1) is 12.5 Å². The molecule has 3 rings (SSSR count). The molecule has 0 spiro atoms. The number of benzene rings is 1. The van der Waals surface area contributed by atoms with E-state index in [0.29, 0.717) is 22.7 Å². The van der Waals surface area contributed by atoms with E-state index in [1.165, 1.54) is 6.33 Å². The number of aliphatic carboxylic acids is 1. The molecule has 21 heavy (non-hydrogen) atoms. The van der Waals surface area contributed by atoms with Crippen LogP contribution in [0.4, 0.5) is 0 Å². The molecule has 2 aromatic heterocycles. The number of carboxylic acids is 1. The number of carbonyl (C=O) groups excluding carboxylic acids is 1. The van der Waals surface area contributed by atoms with Gasteiger partial charge in [0.2, 0.25) is 0 Å². The van der Waals surface area contributed by atoms with E-state index < -0.39 is 5.97 Å². The summed E-state index contributed by atoms with van der Waals surface area (Å²) in [5.74, 6) is -1.33. The van der Waals surface area contributed by atoms with E-state index >= 15 is 0 Å². The summed E-state index contributed by atoms with van der Waals surface area (Å²) in [6, 6.07) is 9.82. The molecule has 3 aromatic rings. The largest absolute Gasteiger partial charge is 0.549 e. The minimum atomic E-state index is -1.15. The average Bonchev–Trinajstić information content (AvgIpc) is 2.90. The van der Waals surface area contributed by atoms with Gasteiger partial charge in [-0.2, -0.15) is 0 Å². The highest BCUT2D eigenvalue weighted by molar-refractivity contribution is 8.00. The molecule has 0 aliphatic rings. The van der Waals surface area contributed by atoms with Crippen molar-refractivity contribution < 1.29 is 9.90 Å². The molecule has 0 unspecified atom stereocenters. The summed E-state index contributed by atoms with van der Waals surface area (Å²) >= 11 is 1.05. The monoisotopic (exact) mass is 300 g/mol. The number of hydrogen-bond acceptors (Lipinski definition) is 7. The minimum absolute atomic E-state index is 0.183. The Balaban J connectivity index is 1.91. The van der Waals surface area contributed by atoms with Crippen LogP contribution >= 0.6 is 11.8 Å². The first-order valence-corrected chi connectivity index (χ1v) is 7.13. The highest BCUT2D eigenvalue weighted by Gasteiger charge is 2.12. The molecular weight excluding hydrogens is 290 g/mol. The van der Waals surface area contributed by atoms with Crippen molar-refractivity contribution >= 4 is 28.9 Å². The van der Waals surface area contributed by atoms with Crippen LogP contribution in [0.15, 0.2) is 41.7 Å². The summed E-state index contributed by atoms with van der Waals surface area (Å²) in [5, 5.41) is 19.1. The summed E-state index contributed by atoms with van der Waals surface area (Å²) < 4.78 is 1.66. The van der Waals surface area contributed by atoms with Crippen molar-refractivity contribution in [2.45, 2.75) is 11.6 Å². The third-order valence-electron chi connectivity index (χ3n) is 2.77. The number of rotatable bonds is 5. The molecule has 0 saturated heterocycles. The summed E-state index contributed by atoms with van der Waals surface area (Å²) in [7, 11) is 0. The highest BCUT2D eigenvalue weighted by Crippen LogP contribution is 2.22. The Morgan fingerprint density at radius 2 is 2.05 bits per heavy atom. The van der Waals surface area contributed by atoms with Crippen LogP contribution in [0.1, 0.15) is 5.56 Å². The number of thioether (sulfide) groups is 1. The lowest BCUT2D eigenvalue weighted by molar-refractivity contribution is -0.301. The lowest BCUT2D eigenvalue weighted by Crippen LogP contribution is -2.24. The fraction of sp³-hybridized carbons (Fsp3) is 0.154. The highest BCUT2D eigenvalue weighted by atomic mass is 32.2. The van der Waals surface area contributed by atoms with E-state index in [1.807, 2.05) is 30.3 Å². The molecule has 0 aliphatic carbocycles. The first kappa shape index (κ1) is 13.5. The van der Waals surface area contributed by atoms with Gasteiger partial charge in [-0.25, -0.2) is 14.6 Å². The van der Waals surface area contributed by atoms with Gasteiger partial charge >= 0.3 is 0 Å². The Hall–Kier alpha value is -2.48. The molecule has 106 valence electrons. The second-order valence-electron chi connectivity index (χ2n) is 4.24. The van der Waals surface area contributed by atoms with Crippen molar-refractivity contribution in [2.75, 3.05) is 5.75 Å². The van der Waals surface area contributed by atoms with E-state index in [2.05, 4.69) is 20.3 Å². The number of aromatic nitrogens is 5. The van der Waals surface area contributed by atoms with E-state index in [9.17, 15) is 9.90 Å². The lowest BCUT2D eigenvalue weighted by Gasteiger charge is -2.03. The molecule has 0 bridgehead atoms. The fourth-order valence-electron chi connectivity index (χ4n) is 1.87. The number of nitrogens with zero attached hydrogens (tertiary/aromatic N) is 5. The Labute approximate surface area is 124 Å². The second kappa shape index (κ2) is 5.88. The van der Waals surface area contributed by atoms with E-state index in [1.54, 1.807) is 4.68 Å². The van der Waals surface area contributed by atoms with Gasteiger partial charge in [0.1, 0.15) is 11.4 Å². The van der Waals surface area contributed by atoms with Gasteiger partial charge < -0.3 is 9.90 Å². The van der Waals surface area contributed by atoms with Gasteiger partial charge in [-0.15, -0.1) is 5.10 Å². The van der Waals surface area contributed by atoms with Crippen molar-refractivity contribution in [1.29, 1.82) is 0 Å². The first-order chi connectivity index (χ1) is 10.2. The maximum absolute atomic E-state index is 10.5. The zero-order chi connectivity index (χ0) is 14.7. The summed E-state index contributed by atoms with van der Waals surface area (Å²) in [4.78, 5) is 18.8. The third-order valence-corrected chi connectivity index (χ3v) is 3.72. The van der Waals surface area contributed by atoms with Crippen molar-refractivity contribution in [3.8, 4) is 0 Å². The summed E-state index contributed by atoms with van der Waals surface area (Å²) in [6.45, 7) is 0.541. The van der Waals surface area contributed by atoms with Gasteiger partial charge in [0.25, 0.3) is 0 Å². The third kappa shape index (κ3) is 3.00. The zero-order valence-corrected chi connectivity index (χ0v) is 11.7. The molecule has 1 aromatic carbocycles. The van der Waals surface area contributed by atoms with Crippen LogP contribution < -0.4 is 5.11 Å². The molecule has 2 heterocycles. The van der Waals surface area contributed by atoms with E-state index in [-0.39, 0.29) is 5.75 Å². The normalized spacial score (nSPS) is 10.9. The average molecular weight is 300 g/mol. The lowest BCUT2D eigenvalue weighted by atomic mass is 10.2. The Morgan fingerprint density at radius 3 is 2.81 bits per heavy atom. The van der Waals surface area contributed by atoms with Crippen LogP contribution in [0.25, 0.3) is 11.2 Å². The van der Waals surface area contributed by atoms with Crippen LogP contribution in [0.2, 0.25) is 0 Å².